The lowest BCUT2D eigenvalue weighted by atomic mass is 10.1. The lowest BCUT2D eigenvalue weighted by molar-refractivity contribution is -0.117. The van der Waals surface area contributed by atoms with Gasteiger partial charge in [0.1, 0.15) is 0 Å². The van der Waals surface area contributed by atoms with E-state index in [2.05, 4.69) is 25.9 Å². The number of hydrogen-bond acceptors (Lipinski definition) is 6. The van der Waals surface area contributed by atoms with Crippen LogP contribution in [0.15, 0.2) is 5.38 Å². The van der Waals surface area contributed by atoms with Crippen molar-refractivity contribution in [2.75, 3.05) is 30.0 Å². The first-order valence-corrected chi connectivity index (χ1v) is 9.13. The Morgan fingerprint density at radius 3 is 3.05 bits per heavy atom. The van der Waals surface area contributed by atoms with Crippen molar-refractivity contribution in [1.82, 2.24) is 15.2 Å². The van der Waals surface area contributed by atoms with Gasteiger partial charge in [-0.1, -0.05) is 6.42 Å². The Labute approximate surface area is 127 Å². The van der Waals surface area contributed by atoms with Gasteiger partial charge in [-0.2, -0.15) is 0 Å². The van der Waals surface area contributed by atoms with Crippen LogP contribution in [-0.2, 0) is 11.3 Å². The number of thioether (sulfide) groups is 1. The molecule has 1 aromatic rings. The number of rotatable bonds is 4. The van der Waals surface area contributed by atoms with E-state index in [1.165, 1.54) is 43.7 Å². The monoisotopic (exact) mass is 312 g/mol. The number of piperidine rings is 1. The van der Waals surface area contributed by atoms with Crippen molar-refractivity contribution in [1.29, 1.82) is 0 Å². The van der Waals surface area contributed by atoms with Crippen LogP contribution in [0.3, 0.4) is 0 Å². The molecule has 3 heterocycles. The molecule has 1 amide bonds. The summed E-state index contributed by atoms with van der Waals surface area (Å²) in [6.45, 7) is 3.24. The third-order valence-corrected chi connectivity index (χ3v) is 5.40. The van der Waals surface area contributed by atoms with Gasteiger partial charge in [0.05, 0.1) is 11.7 Å². The van der Waals surface area contributed by atoms with Gasteiger partial charge in [0.2, 0.25) is 5.91 Å². The number of carbonyl (C=O) groups excluding carboxylic acids is 1. The summed E-state index contributed by atoms with van der Waals surface area (Å²) in [5, 5.41) is 8.86. The number of hydrogen-bond donors (Lipinski definition) is 2. The van der Waals surface area contributed by atoms with Crippen LogP contribution in [0, 0.1) is 0 Å². The number of anilines is 1. The molecule has 1 aromatic heterocycles. The second-order valence-electron chi connectivity index (χ2n) is 5.24. The van der Waals surface area contributed by atoms with Gasteiger partial charge >= 0.3 is 0 Å². The zero-order chi connectivity index (χ0) is 13.8. The highest BCUT2D eigenvalue weighted by molar-refractivity contribution is 7.99. The van der Waals surface area contributed by atoms with E-state index >= 15 is 0 Å². The maximum absolute atomic E-state index is 12.0. The van der Waals surface area contributed by atoms with E-state index in [-0.39, 0.29) is 11.9 Å². The number of carbonyl (C=O) groups is 1. The number of likely N-dealkylation sites (tertiary alicyclic amines) is 1. The molecule has 2 saturated heterocycles. The van der Waals surface area contributed by atoms with Gasteiger partial charge in [0, 0.05) is 23.6 Å². The summed E-state index contributed by atoms with van der Waals surface area (Å²) < 4.78 is 0. The molecule has 2 aliphatic rings. The summed E-state index contributed by atoms with van der Waals surface area (Å²) in [4.78, 5) is 19.0. The predicted octanol–water partition coefficient (Wildman–Crippen LogP) is 1.73. The fourth-order valence-corrected chi connectivity index (χ4v) is 4.19. The summed E-state index contributed by atoms with van der Waals surface area (Å²) in [6, 6.07) is -0.0746. The molecule has 5 nitrogen and oxygen atoms in total. The Hall–Kier alpha value is -0.630. The van der Waals surface area contributed by atoms with E-state index in [1.807, 2.05) is 0 Å². The van der Waals surface area contributed by atoms with Gasteiger partial charge in [-0.3, -0.25) is 15.0 Å². The maximum Gasteiger partial charge on any atom is 0.244 e. The highest BCUT2D eigenvalue weighted by Gasteiger charge is 2.23. The smallest absolute Gasteiger partial charge is 0.244 e. The first-order chi connectivity index (χ1) is 9.81. The standard InChI is InChI=1S/C13H20N4OS2/c18-12(11-8-19-9-14-11)16-13-15-10(7-20-13)6-17-4-2-1-3-5-17/h7,11,14H,1-6,8-9H2,(H,15,16,18). The zero-order valence-corrected chi connectivity index (χ0v) is 13.1. The molecule has 0 radical (unpaired) electrons. The van der Waals surface area contributed by atoms with Gasteiger partial charge in [-0.15, -0.1) is 23.1 Å². The zero-order valence-electron chi connectivity index (χ0n) is 11.4. The molecule has 0 spiro atoms. The molecule has 3 rings (SSSR count). The topological polar surface area (TPSA) is 57.3 Å². The summed E-state index contributed by atoms with van der Waals surface area (Å²) in [6.07, 6.45) is 3.93. The Morgan fingerprint density at radius 1 is 1.45 bits per heavy atom. The van der Waals surface area contributed by atoms with Crippen LogP contribution >= 0.6 is 23.1 Å². The minimum absolute atomic E-state index is 0.0360. The predicted molar refractivity (Wildman–Crippen MR) is 84.1 cm³/mol. The van der Waals surface area contributed by atoms with E-state index in [0.29, 0.717) is 0 Å². The Balaban J connectivity index is 1.52. The molecule has 7 heteroatoms. The summed E-state index contributed by atoms with van der Waals surface area (Å²) in [5.74, 6) is 1.74. The lowest BCUT2D eigenvalue weighted by Gasteiger charge is -2.25. The van der Waals surface area contributed by atoms with Crippen LogP contribution in [0.5, 0.6) is 0 Å². The molecule has 1 atom stereocenters. The third kappa shape index (κ3) is 3.72. The fraction of sp³-hybridized carbons (Fsp3) is 0.692. The van der Waals surface area contributed by atoms with Crippen molar-refractivity contribution in [3.63, 3.8) is 0 Å². The van der Waals surface area contributed by atoms with Crippen molar-refractivity contribution in [2.45, 2.75) is 31.8 Å². The van der Waals surface area contributed by atoms with Crippen LogP contribution in [0.4, 0.5) is 5.13 Å². The molecule has 2 fully saturated rings. The number of nitrogens with zero attached hydrogens (tertiary/aromatic N) is 2. The molecule has 20 heavy (non-hydrogen) atoms. The van der Waals surface area contributed by atoms with Gasteiger partial charge in [-0.05, 0) is 25.9 Å². The molecular weight excluding hydrogens is 292 g/mol. The van der Waals surface area contributed by atoms with Crippen LogP contribution in [0.25, 0.3) is 0 Å². The highest BCUT2D eigenvalue weighted by Crippen LogP contribution is 2.20. The molecule has 1 unspecified atom stereocenters. The average molecular weight is 312 g/mol. The Morgan fingerprint density at radius 2 is 2.30 bits per heavy atom. The number of thiazole rings is 1. The van der Waals surface area contributed by atoms with Crippen LogP contribution in [0.2, 0.25) is 0 Å². The average Bonchev–Trinajstić information content (AvgIpc) is 3.11. The van der Waals surface area contributed by atoms with Crippen molar-refractivity contribution in [3.05, 3.63) is 11.1 Å². The van der Waals surface area contributed by atoms with Crippen molar-refractivity contribution >= 4 is 34.1 Å². The summed E-state index contributed by atoms with van der Waals surface area (Å²) in [5.41, 5.74) is 1.07. The highest BCUT2D eigenvalue weighted by atomic mass is 32.2. The third-order valence-electron chi connectivity index (χ3n) is 3.65. The first kappa shape index (κ1) is 14.3. The van der Waals surface area contributed by atoms with Gasteiger partial charge < -0.3 is 5.32 Å². The Bertz CT molecular complexity index is 453. The minimum atomic E-state index is -0.0746. The second-order valence-corrected chi connectivity index (χ2v) is 7.13. The number of amides is 1. The molecule has 110 valence electrons. The van der Waals surface area contributed by atoms with Crippen molar-refractivity contribution in [2.24, 2.45) is 0 Å². The van der Waals surface area contributed by atoms with Crippen molar-refractivity contribution in [3.8, 4) is 0 Å². The molecule has 2 N–H and O–H groups in total. The molecule has 0 aromatic carbocycles. The van der Waals surface area contributed by atoms with Crippen molar-refractivity contribution < 1.29 is 4.79 Å². The normalized spacial score (nSPS) is 23.9. The van der Waals surface area contributed by atoms with E-state index in [1.54, 1.807) is 11.8 Å². The SMILES string of the molecule is O=C(Nc1nc(CN2CCCCC2)cs1)C1CSCN1. The molecule has 0 saturated carbocycles. The van der Waals surface area contributed by atoms with E-state index in [0.717, 1.165) is 29.0 Å². The first-order valence-electron chi connectivity index (χ1n) is 7.10. The van der Waals surface area contributed by atoms with Crippen LogP contribution in [-0.4, -0.2) is 46.6 Å². The van der Waals surface area contributed by atoms with Crippen LogP contribution < -0.4 is 10.6 Å². The number of aromatic nitrogens is 1. The maximum atomic E-state index is 12.0. The number of nitrogens with one attached hydrogen (secondary N) is 2. The van der Waals surface area contributed by atoms with Gasteiger partial charge in [-0.25, -0.2) is 4.98 Å². The Kier molecular flexibility index (Phi) is 4.93. The van der Waals surface area contributed by atoms with E-state index in [4.69, 9.17) is 0 Å². The largest absolute Gasteiger partial charge is 0.301 e. The molecule has 0 aliphatic carbocycles. The molecule has 0 bridgehead atoms. The summed E-state index contributed by atoms with van der Waals surface area (Å²) >= 11 is 3.27. The summed E-state index contributed by atoms with van der Waals surface area (Å²) in [7, 11) is 0. The van der Waals surface area contributed by atoms with Crippen LogP contribution in [0.1, 0.15) is 25.0 Å². The second kappa shape index (κ2) is 6.89. The van der Waals surface area contributed by atoms with Gasteiger partial charge in [0.25, 0.3) is 0 Å². The van der Waals surface area contributed by atoms with Gasteiger partial charge in [0.15, 0.2) is 5.13 Å². The van der Waals surface area contributed by atoms with E-state index in [9.17, 15) is 4.79 Å². The lowest BCUT2D eigenvalue weighted by Crippen LogP contribution is -2.37. The minimum Gasteiger partial charge on any atom is -0.301 e. The van der Waals surface area contributed by atoms with E-state index < -0.39 is 0 Å². The quantitative estimate of drug-likeness (QED) is 0.887. The molecule has 2 aliphatic heterocycles. The fourth-order valence-electron chi connectivity index (χ4n) is 2.54. The molecular formula is C13H20N4OS2.